The third-order valence-corrected chi connectivity index (χ3v) is 6.96. The molecule has 4 rings (SSSR count). The normalized spacial score (nSPS) is 14.9. The largest absolute Gasteiger partial charge is 0.490 e. The van der Waals surface area contributed by atoms with Crippen molar-refractivity contribution in [1.29, 1.82) is 0 Å². The van der Waals surface area contributed by atoms with Crippen LogP contribution in [0.2, 0.25) is 0 Å². The number of carbonyl (C=O) groups is 2. The van der Waals surface area contributed by atoms with Gasteiger partial charge in [-0.15, -0.1) is 0 Å². The van der Waals surface area contributed by atoms with Crippen molar-refractivity contribution >= 4 is 29.4 Å². The van der Waals surface area contributed by atoms with Gasteiger partial charge in [0.15, 0.2) is 22.9 Å². The van der Waals surface area contributed by atoms with Crippen molar-refractivity contribution in [2.45, 2.75) is 33.2 Å². The number of carbonyl (C=O) groups excluding carboxylic acids is 2. The number of ether oxygens (including phenoxy) is 4. The molecule has 0 saturated carbocycles. The summed E-state index contributed by atoms with van der Waals surface area (Å²) in [7, 11) is 1.33. The Morgan fingerprint density at radius 2 is 1.79 bits per heavy atom. The molecule has 9 nitrogen and oxygen atoms in total. The highest BCUT2D eigenvalue weighted by Crippen LogP contribution is 2.32. The molecule has 10 heteroatoms. The quantitative estimate of drug-likeness (QED) is 0.357. The summed E-state index contributed by atoms with van der Waals surface area (Å²) < 4.78 is 23.3. The van der Waals surface area contributed by atoms with Crippen LogP contribution < -0.4 is 24.4 Å². The van der Waals surface area contributed by atoms with Crippen molar-refractivity contribution in [3.05, 3.63) is 90.6 Å². The fourth-order valence-corrected chi connectivity index (χ4v) is 5.33. The highest BCUT2D eigenvalue weighted by molar-refractivity contribution is 7.07. The van der Waals surface area contributed by atoms with Crippen molar-refractivity contribution in [2.24, 2.45) is 4.99 Å². The van der Waals surface area contributed by atoms with E-state index < -0.39 is 18.0 Å². The predicted molar refractivity (Wildman–Crippen MR) is 147 cm³/mol. The maximum atomic E-state index is 13.8. The monoisotopic (exact) mass is 550 g/mol. The van der Waals surface area contributed by atoms with Gasteiger partial charge in [0.25, 0.3) is 5.56 Å². The van der Waals surface area contributed by atoms with Crippen molar-refractivity contribution < 1.29 is 28.5 Å². The van der Waals surface area contributed by atoms with Crippen molar-refractivity contribution in [3.63, 3.8) is 0 Å². The van der Waals surface area contributed by atoms with Gasteiger partial charge in [-0.2, -0.15) is 0 Å². The molecule has 0 radical (unpaired) electrons. The van der Waals surface area contributed by atoms with Crippen LogP contribution in [-0.4, -0.2) is 43.4 Å². The maximum absolute atomic E-state index is 13.8. The molecular weight excluding hydrogens is 520 g/mol. The number of benzene rings is 2. The molecule has 3 aromatic rings. The lowest BCUT2D eigenvalue weighted by molar-refractivity contribution is -0.145. The summed E-state index contributed by atoms with van der Waals surface area (Å²) in [4.78, 5) is 43.6. The van der Waals surface area contributed by atoms with E-state index in [4.69, 9.17) is 18.9 Å². The molecule has 0 unspecified atom stereocenters. The Labute approximate surface area is 229 Å². The van der Waals surface area contributed by atoms with Crippen molar-refractivity contribution in [2.75, 3.05) is 26.9 Å². The minimum atomic E-state index is -0.662. The topological polar surface area (TPSA) is 105 Å². The number of hydrogen-bond donors (Lipinski definition) is 0. The third-order valence-electron chi connectivity index (χ3n) is 5.98. The van der Waals surface area contributed by atoms with E-state index in [0.717, 1.165) is 5.56 Å². The van der Waals surface area contributed by atoms with E-state index in [2.05, 4.69) is 4.99 Å². The molecule has 0 aliphatic carbocycles. The van der Waals surface area contributed by atoms with E-state index in [0.29, 0.717) is 50.7 Å². The molecule has 1 aromatic heterocycles. The second-order valence-electron chi connectivity index (χ2n) is 8.43. The fourth-order valence-electron chi connectivity index (χ4n) is 4.31. The van der Waals surface area contributed by atoms with Crippen LogP contribution in [0.3, 0.4) is 0 Å². The Kier molecular flexibility index (Phi) is 8.98. The Morgan fingerprint density at radius 3 is 2.46 bits per heavy atom. The Balaban J connectivity index is 1.81. The first-order valence-electron chi connectivity index (χ1n) is 12.6. The lowest BCUT2D eigenvalue weighted by Crippen LogP contribution is -2.40. The summed E-state index contributed by atoms with van der Waals surface area (Å²) in [5.74, 6) is -0.163. The standard InChI is InChI=1S/C29H30N2O7S/c1-5-20-25(28(34)35-4)26(19-11-9-8-10-12-19)31-27(33)23(39-29(31)30-20)16-18-13-14-21(22(15-18)36-6-2)38-17-24(32)37-7-3/h8-16,26H,5-7,17H2,1-4H3/b23-16-/t26-/m0/s1. The lowest BCUT2D eigenvalue weighted by atomic mass is 9.95. The number of rotatable bonds is 10. The third kappa shape index (κ3) is 5.96. The number of methoxy groups -OCH3 is 1. The van der Waals surface area contributed by atoms with Gasteiger partial charge in [0.1, 0.15) is 0 Å². The molecule has 1 aliphatic heterocycles. The number of nitrogens with zero attached hydrogens (tertiary/aromatic N) is 2. The number of hydrogen-bond acceptors (Lipinski definition) is 9. The van der Waals surface area contributed by atoms with E-state index >= 15 is 0 Å². The van der Waals surface area contributed by atoms with E-state index in [1.807, 2.05) is 44.2 Å². The van der Waals surface area contributed by atoms with Crippen molar-refractivity contribution in [1.82, 2.24) is 4.57 Å². The second-order valence-corrected chi connectivity index (χ2v) is 9.44. The number of allylic oxidation sites excluding steroid dienone is 1. The minimum Gasteiger partial charge on any atom is -0.490 e. The van der Waals surface area contributed by atoms with E-state index in [1.165, 1.54) is 18.4 Å². The second kappa shape index (κ2) is 12.6. The summed E-state index contributed by atoms with van der Waals surface area (Å²) in [6, 6.07) is 13.9. The van der Waals surface area contributed by atoms with Crippen LogP contribution in [0, 0.1) is 0 Å². The van der Waals surface area contributed by atoms with Gasteiger partial charge in [0.05, 0.1) is 42.2 Å². The van der Waals surface area contributed by atoms with Crippen LogP contribution in [0.25, 0.3) is 6.08 Å². The zero-order valence-corrected chi connectivity index (χ0v) is 23.1. The molecular formula is C29H30N2O7S. The number of esters is 2. The molecule has 39 heavy (non-hydrogen) atoms. The van der Waals surface area contributed by atoms with Gasteiger partial charge in [-0.25, -0.2) is 14.6 Å². The average Bonchev–Trinajstić information content (AvgIpc) is 3.26. The zero-order valence-electron chi connectivity index (χ0n) is 22.3. The molecule has 0 N–H and O–H groups in total. The predicted octanol–water partition coefficient (Wildman–Crippen LogP) is 3.14. The summed E-state index contributed by atoms with van der Waals surface area (Å²) >= 11 is 1.25. The van der Waals surface area contributed by atoms with Crippen LogP contribution >= 0.6 is 11.3 Å². The van der Waals surface area contributed by atoms with E-state index in [1.54, 1.807) is 35.8 Å². The number of thiazole rings is 1. The molecule has 1 aliphatic rings. The molecule has 0 amide bonds. The van der Waals surface area contributed by atoms with Gasteiger partial charge in [0.2, 0.25) is 0 Å². The average molecular weight is 551 g/mol. The van der Waals surface area contributed by atoms with Gasteiger partial charge in [-0.05, 0) is 49.6 Å². The van der Waals surface area contributed by atoms with Gasteiger partial charge in [-0.3, -0.25) is 9.36 Å². The molecule has 0 fully saturated rings. The summed E-state index contributed by atoms with van der Waals surface area (Å²) in [6.07, 6.45) is 2.25. The molecule has 0 spiro atoms. The molecule has 2 heterocycles. The first-order valence-corrected chi connectivity index (χ1v) is 13.5. The molecule has 2 aromatic carbocycles. The van der Waals surface area contributed by atoms with Crippen LogP contribution in [0.5, 0.6) is 11.5 Å². The molecule has 1 atom stereocenters. The summed E-state index contributed by atoms with van der Waals surface area (Å²) in [5.41, 5.74) is 2.15. The van der Waals surface area contributed by atoms with Gasteiger partial charge < -0.3 is 18.9 Å². The van der Waals surface area contributed by atoms with Gasteiger partial charge >= 0.3 is 11.9 Å². The highest BCUT2D eigenvalue weighted by atomic mass is 32.1. The van der Waals surface area contributed by atoms with Crippen molar-refractivity contribution in [3.8, 4) is 11.5 Å². The minimum absolute atomic E-state index is 0.242. The van der Waals surface area contributed by atoms with Crippen LogP contribution in [0.4, 0.5) is 0 Å². The number of fused-ring (bicyclic) bond motifs is 1. The first-order chi connectivity index (χ1) is 18.9. The smallest absolute Gasteiger partial charge is 0.344 e. The first kappa shape index (κ1) is 27.8. The molecule has 0 saturated heterocycles. The Morgan fingerprint density at radius 1 is 1.03 bits per heavy atom. The maximum Gasteiger partial charge on any atom is 0.344 e. The van der Waals surface area contributed by atoms with Gasteiger partial charge in [-0.1, -0.05) is 54.7 Å². The Bertz CT molecular complexity index is 1570. The van der Waals surface area contributed by atoms with E-state index in [-0.39, 0.29) is 18.8 Å². The van der Waals surface area contributed by atoms with Crippen LogP contribution in [0.1, 0.15) is 44.4 Å². The zero-order chi connectivity index (χ0) is 27.9. The lowest BCUT2D eigenvalue weighted by Gasteiger charge is -2.25. The number of aromatic nitrogens is 1. The SMILES string of the molecule is CCOC(=O)COc1ccc(/C=c2\sc3n(c2=O)[C@@H](c2ccccc2)C(C(=O)OC)=C(CC)N=3)cc1OCC. The summed E-state index contributed by atoms with van der Waals surface area (Å²) in [6.45, 7) is 5.89. The van der Waals surface area contributed by atoms with Crippen LogP contribution in [-0.2, 0) is 19.1 Å². The van der Waals surface area contributed by atoms with Gasteiger partial charge in [0, 0.05) is 0 Å². The highest BCUT2D eigenvalue weighted by Gasteiger charge is 2.33. The fraction of sp³-hybridized carbons (Fsp3) is 0.310. The summed E-state index contributed by atoms with van der Waals surface area (Å²) in [5, 5.41) is 0. The Hall–Kier alpha value is -4.18. The van der Waals surface area contributed by atoms with E-state index in [9.17, 15) is 14.4 Å². The van der Waals surface area contributed by atoms with Crippen LogP contribution in [0.15, 0.2) is 69.6 Å². The molecule has 0 bridgehead atoms. The molecule has 204 valence electrons.